The molecule has 5 heteroatoms. The summed E-state index contributed by atoms with van der Waals surface area (Å²) in [4.78, 5) is 19.9. The van der Waals surface area contributed by atoms with Crippen LogP contribution in [0, 0.1) is 6.92 Å². The fourth-order valence-electron chi connectivity index (χ4n) is 2.22. The fourth-order valence-corrected chi connectivity index (χ4v) is 2.70. The van der Waals surface area contributed by atoms with Crippen LogP contribution in [0.15, 0.2) is 41.1 Å². The number of nitrogens with two attached hydrogens (primary N) is 1. The highest BCUT2D eigenvalue weighted by Gasteiger charge is 2.18. The Bertz CT molecular complexity index is 823. The number of aromatic nitrogens is 2. The third-order valence-corrected chi connectivity index (χ3v) is 3.81. The number of carbonyl (C=O) groups is 1. The average molecular weight is 330 g/mol. The normalized spacial score (nSPS) is 10.9. The second kappa shape index (κ2) is 4.76. The van der Waals surface area contributed by atoms with Crippen molar-refractivity contribution in [3.05, 3.63) is 57.8 Å². The van der Waals surface area contributed by atoms with Gasteiger partial charge in [-0.3, -0.25) is 4.79 Å². The Morgan fingerprint density at radius 2 is 2.15 bits per heavy atom. The van der Waals surface area contributed by atoms with Crippen LogP contribution in [0.1, 0.15) is 21.5 Å². The maximum atomic E-state index is 12.7. The van der Waals surface area contributed by atoms with E-state index in [4.69, 9.17) is 5.73 Å². The Labute approximate surface area is 124 Å². The molecule has 4 nitrogen and oxygen atoms in total. The van der Waals surface area contributed by atoms with E-state index in [2.05, 4.69) is 25.9 Å². The Balaban J connectivity index is 2.18. The third-order valence-electron chi connectivity index (χ3n) is 3.35. The van der Waals surface area contributed by atoms with Crippen molar-refractivity contribution in [1.29, 1.82) is 0 Å². The van der Waals surface area contributed by atoms with Crippen LogP contribution in [0.3, 0.4) is 0 Å². The molecule has 1 aromatic carbocycles. The third kappa shape index (κ3) is 2.00. The molecule has 0 atom stereocenters. The summed E-state index contributed by atoms with van der Waals surface area (Å²) < 4.78 is 0.793. The number of anilines is 1. The predicted octanol–water partition coefficient (Wildman–Crippen LogP) is 3.45. The minimum atomic E-state index is -0.0604. The molecular weight excluding hydrogens is 318 g/mol. The first-order valence-corrected chi connectivity index (χ1v) is 6.89. The second-order valence-electron chi connectivity index (χ2n) is 4.60. The van der Waals surface area contributed by atoms with E-state index >= 15 is 0 Å². The summed E-state index contributed by atoms with van der Waals surface area (Å²) >= 11 is 3.38. The molecule has 3 rings (SSSR count). The summed E-state index contributed by atoms with van der Waals surface area (Å²) in [6.07, 6.45) is 3.38. The number of nitrogen functional groups attached to an aromatic ring is 1. The molecule has 0 saturated heterocycles. The molecule has 0 aliphatic rings. The first-order valence-electron chi connectivity index (χ1n) is 6.10. The van der Waals surface area contributed by atoms with E-state index in [9.17, 15) is 4.79 Å². The summed E-state index contributed by atoms with van der Waals surface area (Å²) in [5.74, 6) is -0.0604. The number of fused-ring (bicyclic) bond motifs is 1. The number of aromatic amines is 1. The number of H-pyrrole nitrogens is 1. The van der Waals surface area contributed by atoms with Gasteiger partial charge in [0.15, 0.2) is 5.78 Å². The second-order valence-corrected chi connectivity index (χ2v) is 5.51. The van der Waals surface area contributed by atoms with Crippen molar-refractivity contribution in [2.24, 2.45) is 0 Å². The van der Waals surface area contributed by atoms with E-state index in [1.54, 1.807) is 24.5 Å². The fraction of sp³-hybridized carbons (Fsp3) is 0.0667. The van der Waals surface area contributed by atoms with E-state index in [-0.39, 0.29) is 5.78 Å². The number of nitrogens with one attached hydrogen (secondary N) is 1. The number of benzene rings is 1. The van der Waals surface area contributed by atoms with Crippen LogP contribution < -0.4 is 5.73 Å². The number of pyridine rings is 1. The molecule has 0 radical (unpaired) electrons. The van der Waals surface area contributed by atoms with E-state index in [0.717, 1.165) is 15.4 Å². The lowest BCUT2D eigenvalue weighted by molar-refractivity contribution is 0.103. The summed E-state index contributed by atoms with van der Waals surface area (Å²) in [5.41, 5.74) is 9.22. The lowest BCUT2D eigenvalue weighted by Gasteiger charge is -2.08. The molecule has 2 aromatic heterocycles. The highest BCUT2D eigenvalue weighted by atomic mass is 79.9. The highest BCUT2D eigenvalue weighted by molar-refractivity contribution is 9.10. The molecular formula is C15H12BrN3O. The van der Waals surface area contributed by atoms with Crippen LogP contribution in [0.4, 0.5) is 5.69 Å². The van der Waals surface area contributed by atoms with Crippen molar-refractivity contribution < 1.29 is 4.79 Å². The van der Waals surface area contributed by atoms with Crippen molar-refractivity contribution in [1.82, 2.24) is 9.97 Å². The van der Waals surface area contributed by atoms with Crippen molar-refractivity contribution in [2.75, 3.05) is 5.73 Å². The van der Waals surface area contributed by atoms with E-state index in [0.29, 0.717) is 22.5 Å². The van der Waals surface area contributed by atoms with Gasteiger partial charge in [0.2, 0.25) is 0 Å². The molecule has 0 unspecified atom stereocenters. The van der Waals surface area contributed by atoms with Gasteiger partial charge in [-0.2, -0.15) is 0 Å². The summed E-state index contributed by atoms with van der Waals surface area (Å²) in [7, 11) is 0. The standard InChI is InChI=1S/C15H12BrN3O/c1-8-11(5-9(16)6-13(8)17)14(20)12-7-19-15-10(12)3-2-4-18-15/h2-7H,17H2,1H3,(H,18,19). The lowest BCUT2D eigenvalue weighted by Crippen LogP contribution is -2.05. The average Bonchev–Trinajstić information content (AvgIpc) is 2.86. The summed E-state index contributed by atoms with van der Waals surface area (Å²) in [6.45, 7) is 1.85. The van der Waals surface area contributed by atoms with Crippen LogP contribution in [0.2, 0.25) is 0 Å². The Kier molecular flexibility index (Phi) is 3.06. The molecule has 100 valence electrons. The van der Waals surface area contributed by atoms with Crippen molar-refractivity contribution in [3.63, 3.8) is 0 Å². The lowest BCUT2D eigenvalue weighted by atomic mass is 9.98. The monoisotopic (exact) mass is 329 g/mol. The summed E-state index contributed by atoms with van der Waals surface area (Å²) in [5, 5.41) is 0.815. The number of hydrogen-bond acceptors (Lipinski definition) is 3. The zero-order valence-electron chi connectivity index (χ0n) is 10.8. The number of nitrogens with zero attached hydrogens (tertiary/aromatic N) is 1. The smallest absolute Gasteiger partial charge is 0.195 e. The molecule has 3 aromatic rings. The van der Waals surface area contributed by atoms with Crippen LogP contribution in [-0.2, 0) is 0 Å². The minimum absolute atomic E-state index is 0.0604. The van der Waals surface area contributed by atoms with Crippen molar-refractivity contribution >= 4 is 38.4 Å². The topological polar surface area (TPSA) is 71.8 Å². The minimum Gasteiger partial charge on any atom is -0.398 e. The molecule has 3 N–H and O–H groups in total. The SMILES string of the molecule is Cc1c(N)cc(Br)cc1C(=O)c1c[nH]c2ncccc12. The Hall–Kier alpha value is -2.14. The molecule has 0 fully saturated rings. The molecule has 0 saturated carbocycles. The van der Waals surface area contributed by atoms with Gasteiger partial charge in [0.05, 0.1) is 0 Å². The van der Waals surface area contributed by atoms with Gasteiger partial charge in [0.25, 0.3) is 0 Å². The zero-order chi connectivity index (χ0) is 14.3. The van der Waals surface area contributed by atoms with Gasteiger partial charge < -0.3 is 10.7 Å². The highest BCUT2D eigenvalue weighted by Crippen LogP contribution is 2.27. The molecule has 0 bridgehead atoms. The van der Waals surface area contributed by atoms with Crippen LogP contribution in [0.25, 0.3) is 11.0 Å². The maximum absolute atomic E-state index is 12.7. The first kappa shape index (κ1) is 12.9. The quantitative estimate of drug-likeness (QED) is 0.558. The van der Waals surface area contributed by atoms with Gasteiger partial charge in [-0.15, -0.1) is 0 Å². The molecule has 0 aliphatic heterocycles. The van der Waals surface area contributed by atoms with Gasteiger partial charge in [-0.25, -0.2) is 4.98 Å². The largest absolute Gasteiger partial charge is 0.398 e. The number of rotatable bonds is 2. The van der Waals surface area contributed by atoms with Crippen LogP contribution >= 0.6 is 15.9 Å². The number of halogens is 1. The van der Waals surface area contributed by atoms with Gasteiger partial charge in [-0.05, 0) is 36.8 Å². The Morgan fingerprint density at radius 1 is 1.35 bits per heavy atom. The van der Waals surface area contributed by atoms with Gasteiger partial charge >= 0.3 is 0 Å². The molecule has 2 heterocycles. The van der Waals surface area contributed by atoms with E-state index < -0.39 is 0 Å². The maximum Gasteiger partial charge on any atom is 0.195 e. The number of ketones is 1. The van der Waals surface area contributed by atoms with Gasteiger partial charge in [0, 0.05) is 39.1 Å². The molecule has 0 spiro atoms. The van der Waals surface area contributed by atoms with Crippen molar-refractivity contribution in [3.8, 4) is 0 Å². The molecule has 0 aliphatic carbocycles. The van der Waals surface area contributed by atoms with E-state index in [1.807, 2.05) is 19.1 Å². The molecule has 0 amide bonds. The number of hydrogen-bond donors (Lipinski definition) is 2. The van der Waals surface area contributed by atoms with Gasteiger partial charge in [0.1, 0.15) is 5.65 Å². The van der Waals surface area contributed by atoms with Crippen LogP contribution in [-0.4, -0.2) is 15.8 Å². The Morgan fingerprint density at radius 3 is 2.95 bits per heavy atom. The predicted molar refractivity (Wildman–Crippen MR) is 82.8 cm³/mol. The zero-order valence-corrected chi connectivity index (χ0v) is 12.4. The van der Waals surface area contributed by atoms with Crippen molar-refractivity contribution in [2.45, 2.75) is 6.92 Å². The first-order chi connectivity index (χ1) is 9.58. The number of carbonyl (C=O) groups excluding carboxylic acids is 1. The molecule has 20 heavy (non-hydrogen) atoms. The summed E-state index contributed by atoms with van der Waals surface area (Å²) in [6, 6.07) is 7.28. The van der Waals surface area contributed by atoms with Gasteiger partial charge in [-0.1, -0.05) is 15.9 Å². The van der Waals surface area contributed by atoms with Crippen LogP contribution in [0.5, 0.6) is 0 Å². The van der Waals surface area contributed by atoms with E-state index in [1.165, 1.54) is 0 Å².